The summed E-state index contributed by atoms with van der Waals surface area (Å²) in [6.07, 6.45) is 7.53. The Morgan fingerprint density at radius 2 is 2.12 bits per heavy atom. The molecule has 0 atom stereocenters. The summed E-state index contributed by atoms with van der Waals surface area (Å²) in [6, 6.07) is 8.55. The average Bonchev–Trinajstić information content (AvgIpc) is 2.23. The highest BCUT2D eigenvalue weighted by Gasteiger charge is 1.97. The van der Waals surface area contributed by atoms with E-state index in [-0.39, 0.29) is 0 Å². The Morgan fingerprint density at radius 1 is 1.38 bits per heavy atom. The Kier molecular flexibility index (Phi) is 4.78. The first-order valence-corrected chi connectivity index (χ1v) is 5.74. The predicted octanol–water partition coefficient (Wildman–Crippen LogP) is 4.92. The highest BCUT2D eigenvalue weighted by molar-refractivity contribution is 5.76. The van der Waals surface area contributed by atoms with Gasteiger partial charge in [0.15, 0.2) is 0 Å². The summed E-state index contributed by atoms with van der Waals surface area (Å²) >= 11 is 0. The summed E-state index contributed by atoms with van der Waals surface area (Å²) in [5, 5.41) is 0. The van der Waals surface area contributed by atoms with E-state index in [0.29, 0.717) is 0 Å². The first-order valence-electron chi connectivity index (χ1n) is 5.74. The molecule has 0 radical (unpaired) electrons. The van der Waals surface area contributed by atoms with E-state index in [9.17, 15) is 0 Å². The molecule has 84 valence electrons. The smallest absolute Gasteiger partial charge is 0.0181 e. The molecule has 0 saturated heterocycles. The van der Waals surface area contributed by atoms with Crippen LogP contribution in [0.5, 0.6) is 0 Å². The van der Waals surface area contributed by atoms with Gasteiger partial charge in [0.05, 0.1) is 0 Å². The Labute approximate surface area is 99.0 Å². The van der Waals surface area contributed by atoms with Crippen molar-refractivity contribution in [3.8, 4) is 0 Å². The lowest BCUT2D eigenvalue weighted by atomic mass is 10.0. The second-order valence-corrected chi connectivity index (χ2v) is 4.13. The first kappa shape index (κ1) is 12.5. The zero-order chi connectivity index (χ0) is 12.0. The molecular formula is C16H20. The third kappa shape index (κ3) is 3.90. The maximum absolute atomic E-state index is 3.94. The van der Waals surface area contributed by atoms with Crippen LogP contribution >= 0.6 is 0 Å². The fourth-order valence-corrected chi connectivity index (χ4v) is 1.56. The van der Waals surface area contributed by atoms with Crippen LogP contribution < -0.4 is 0 Å². The van der Waals surface area contributed by atoms with Gasteiger partial charge in [-0.3, -0.25) is 0 Å². The van der Waals surface area contributed by atoms with Crippen LogP contribution in [0.2, 0.25) is 0 Å². The zero-order valence-corrected chi connectivity index (χ0v) is 10.5. The molecule has 0 heterocycles. The van der Waals surface area contributed by atoms with Gasteiger partial charge in [0, 0.05) is 0 Å². The van der Waals surface area contributed by atoms with Crippen LogP contribution in [0.25, 0.3) is 5.57 Å². The van der Waals surface area contributed by atoms with Gasteiger partial charge in [-0.15, -0.1) is 0 Å². The standard InChI is InChI=1S/C16H20/c1-5-6-9-15(11-13(2)3)16-10-7-8-14(4)12-16/h6-12H,2,5H2,1,3-4H3/b9-6-,15-11+. The fourth-order valence-electron chi connectivity index (χ4n) is 1.56. The van der Waals surface area contributed by atoms with E-state index in [2.05, 4.69) is 62.9 Å². The molecule has 1 aromatic rings. The molecule has 0 unspecified atom stereocenters. The van der Waals surface area contributed by atoms with Gasteiger partial charge in [-0.05, 0) is 31.4 Å². The molecule has 0 fully saturated rings. The van der Waals surface area contributed by atoms with Gasteiger partial charge in [0.2, 0.25) is 0 Å². The second-order valence-electron chi connectivity index (χ2n) is 4.13. The Morgan fingerprint density at radius 3 is 2.69 bits per heavy atom. The lowest BCUT2D eigenvalue weighted by molar-refractivity contribution is 1.22. The van der Waals surface area contributed by atoms with E-state index in [1.807, 2.05) is 6.92 Å². The second kappa shape index (κ2) is 6.12. The van der Waals surface area contributed by atoms with Crippen LogP contribution in [0.4, 0.5) is 0 Å². The number of benzene rings is 1. The summed E-state index contributed by atoms with van der Waals surface area (Å²) in [5.74, 6) is 0. The summed E-state index contributed by atoms with van der Waals surface area (Å²) in [6.45, 7) is 10.2. The molecule has 1 rings (SSSR count). The fraction of sp³-hybridized carbons (Fsp3) is 0.250. The van der Waals surface area contributed by atoms with Crippen molar-refractivity contribution in [3.63, 3.8) is 0 Å². The highest BCUT2D eigenvalue weighted by atomic mass is 14.0. The third-order valence-electron chi connectivity index (χ3n) is 2.29. The summed E-state index contributed by atoms with van der Waals surface area (Å²) in [7, 11) is 0. The van der Waals surface area contributed by atoms with Crippen molar-refractivity contribution in [2.75, 3.05) is 0 Å². The Bertz CT molecular complexity index is 419. The molecular weight excluding hydrogens is 192 g/mol. The molecule has 16 heavy (non-hydrogen) atoms. The predicted molar refractivity (Wildman–Crippen MR) is 73.4 cm³/mol. The Hall–Kier alpha value is -1.56. The van der Waals surface area contributed by atoms with Crippen LogP contribution in [-0.4, -0.2) is 0 Å². The normalized spacial score (nSPS) is 12.1. The van der Waals surface area contributed by atoms with Crippen molar-refractivity contribution in [2.45, 2.75) is 27.2 Å². The summed E-state index contributed by atoms with van der Waals surface area (Å²) < 4.78 is 0. The number of rotatable bonds is 4. The quantitative estimate of drug-likeness (QED) is 0.621. The van der Waals surface area contributed by atoms with Gasteiger partial charge in [0.25, 0.3) is 0 Å². The van der Waals surface area contributed by atoms with Crippen molar-refractivity contribution < 1.29 is 0 Å². The van der Waals surface area contributed by atoms with E-state index >= 15 is 0 Å². The molecule has 0 aliphatic heterocycles. The van der Waals surface area contributed by atoms with Crippen molar-refractivity contribution in [1.29, 1.82) is 0 Å². The van der Waals surface area contributed by atoms with E-state index in [1.54, 1.807) is 0 Å². The van der Waals surface area contributed by atoms with Crippen molar-refractivity contribution in [1.82, 2.24) is 0 Å². The van der Waals surface area contributed by atoms with Crippen molar-refractivity contribution in [3.05, 3.63) is 65.8 Å². The lowest BCUT2D eigenvalue weighted by Gasteiger charge is -2.04. The SMILES string of the molecule is C=C(C)/C=C(\C=C/CC)c1cccc(C)c1. The van der Waals surface area contributed by atoms with Gasteiger partial charge in [-0.25, -0.2) is 0 Å². The third-order valence-corrected chi connectivity index (χ3v) is 2.29. The molecule has 0 nitrogen and oxygen atoms in total. The van der Waals surface area contributed by atoms with Crippen LogP contribution in [0, 0.1) is 6.92 Å². The maximum Gasteiger partial charge on any atom is -0.0181 e. The summed E-state index contributed by atoms with van der Waals surface area (Å²) in [5.41, 5.74) is 4.86. The minimum atomic E-state index is 1.05. The Balaban J connectivity index is 3.11. The number of aryl methyl sites for hydroxylation is 1. The van der Waals surface area contributed by atoms with Crippen LogP contribution in [0.3, 0.4) is 0 Å². The minimum Gasteiger partial charge on any atom is -0.0961 e. The molecule has 0 heteroatoms. The van der Waals surface area contributed by atoms with Gasteiger partial charge in [-0.1, -0.05) is 67.1 Å². The molecule has 0 N–H and O–H groups in total. The van der Waals surface area contributed by atoms with Gasteiger partial charge < -0.3 is 0 Å². The molecule has 0 spiro atoms. The van der Waals surface area contributed by atoms with E-state index < -0.39 is 0 Å². The largest absolute Gasteiger partial charge is 0.0961 e. The van der Waals surface area contributed by atoms with E-state index in [0.717, 1.165) is 12.0 Å². The molecule has 0 aliphatic carbocycles. The number of allylic oxidation sites excluding steroid dienone is 5. The number of hydrogen-bond acceptors (Lipinski definition) is 0. The van der Waals surface area contributed by atoms with Gasteiger partial charge in [0.1, 0.15) is 0 Å². The molecule has 0 aliphatic rings. The van der Waals surface area contributed by atoms with Crippen LogP contribution in [0.1, 0.15) is 31.4 Å². The number of hydrogen-bond donors (Lipinski definition) is 0. The van der Waals surface area contributed by atoms with E-state index in [4.69, 9.17) is 0 Å². The molecule has 0 saturated carbocycles. The monoisotopic (exact) mass is 212 g/mol. The lowest BCUT2D eigenvalue weighted by Crippen LogP contribution is -1.83. The molecule has 0 aromatic heterocycles. The van der Waals surface area contributed by atoms with Crippen molar-refractivity contribution in [2.24, 2.45) is 0 Å². The molecule has 0 bridgehead atoms. The molecule has 0 amide bonds. The maximum atomic E-state index is 3.94. The van der Waals surface area contributed by atoms with Crippen LogP contribution in [0.15, 0.2) is 54.6 Å². The molecule has 1 aromatic carbocycles. The zero-order valence-electron chi connectivity index (χ0n) is 10.5. The van der Waals surface area contributed by atoms with Gasteiger partial charge >= 0.3 is 0 Å². The first-order chi connectivity index (χ1) is 7.63. The summed E-state index contributed by atoms with van der Waals surface area (Å²) in [4.78, 5) is 0. The topological polar surface area (TPSA) is 0 Å². The minimum absolute atomic E-state index is 1.05. The average molecular weight is 212 g/mol. The highest BCUT2D eigenvalue weighted by Crippen LogP contribution is 2.19. The van der Waals surface area contributed by atoms with Crippen LogP contribution in [-0.2, 0) is 0 Å². The van der Waals surface area contributed by atoms with E-state index in [1.165, 1.54) is 16.7 Å². The van der Waals surface area contributed by atoms with Crippen molar-refractivity contribution >= 4 is 5.57 Å². The van der Waals surface area contributed by atoms with Gasteiger partial charge in [-0.2, -0.15) is 0 Å².